The van der Waals surface area contributed by atoms with Crippen LogP contribution in [0.25, 0.3) is 0 Å². The lowest BCUT2D eigenvalue weighted by Gasteiger charge is -2.31. The van der Waals surface area contributed by atoms with Crippen molar-refractivity contribution in [2.75, 3.05) is 0 Å². The van der Waals surface area contributed by atoms with Gasteiger partial charge in [-0.15, -0.1) is 0 Å². The lowest BCUT2D eigenvalue weighted by molar-refractivity contribution is -0.142. The number of carbonyl (C=O) groups is 1. The van der Waals surface area contributed by atoms with E-state index in [1.165, 1.54) is 49.7 Å². The maximum Gasteiger partial charge on any atom is 0.306 e. The lowest BCUT2D eigenvalue weighted by Crippen LogP contribution is -2.25. The minimum atomic E-state index is -0.627. The molecule has 3 rings (SSSR count). The van der Waals surface area contributed by atoms with Crippen molar-refractivity contribution >= 4 is 5.97 Å². The number of hydrogen-bond acceptors (Lipinski definition) is 1. The topological polar surface area (TPSA) is 37.3 Å². The van der Waals surface area contributed by atoms with Gasteiger partial charge in [-0.25, -0.2) is 0 Å². The van der Waals surface area contributed by atoms with E-state index in [0.29, 0.717) is 0 Å². The van der Waals surface area contributed by atoms with Gasteiger partial charge in [0, 0.05) is 0 Å². The summed E-state index contributed by atoms with van der Waals surface area (Å²) in [5.41, 5.74) is 5.93. The molecule has 2 atom stereocenters. The number of benzene rings is 1. The van der Waals surface area contributed by atoms with E-state index in [2.05, 4.69) is 19.1 Å². The summed E-state index contributed by atoms with van der Waals surface area (Å²) in [5, 5.41) is 9.22. The Hall–Kier alpha value is -1.31. The molecule has 0 unspecified atom stereocenters. The Morgan fingerprint density at radius 3 is 2.48 bits per heavy atom. The molecule has 0 aromatic heterocycles. The largest absolute Gasteiger partial charge is 0.481 e. The SMILES string of the molecule is CCCC[C@H]1CCc2c(ccc3c2CC[C@H](C(=O)O)C3)C1. The van der Waals surface area contributed by atoms with Gasteiger partial charge in [0.05, 0.1) is 5.92 Å². The van der Waals surface area contributed by atoms with Gasteiger partial charge in [0.25, 0.3) is 0 Å². The molecule has 0 spiro atoms. The van der Waals surface area contributed by atoms with E-state index in [0.717, 1.165) is 25.2 Å². The number of carboxylic acid groups (broad SMARTS) is 1. The van der Waals surface area contributed by atoms with Crippen LogP contribution < -0.4 is 0 Å². The molecule has 0 saturated carbocycles. The summed E-state index contributed by atoms with van der Waals surface area (Å²) >= 11 is 0. The predicted molar refractivity (Wildman–Crippen MR) is 84.6 cm³/mol. The zero-order chi connectivity index (χ0) is 14.8. The first kappa shape index (κ1) is 14.6. The molecule has 0 saturated heterocycles. The molecule has 0 aliphatic heterocycles. The van der Waals surface area contributed by atoms with Gasteiger partial charge in [0.1, 0.15) is 0 Å². The van der Waals surface area contributed by atoms with Crippen LogP contribution >= 0.6 is 0 Å². The monoisotopic (exact) mass is 286 g/mol. The van der Waals surface area contributed by atoms with Crippen molar-refractivity contribution in [1.82, 2.24) is 0 Å². The van der Waals surface area contributed by atoms with Crippen LogP contribution in [0.5, 0.6) is 0 Å². The van der Waals surface area contributed by atoms with E-state index in [-0.39, 0.29) is 5.92 Å². The maximum absolute atomic E-state index is 11.2. The first-order chi connectivity index (χ1) is 10.2. The number of unbranched alkanes of at least 4 members (excludes halogenated alkanes) is 1. The van der Waals surface area contributed by atoms with Crippen LogP contribution in [0.15, 0.2) is 12.1 Å². The van der Waals surface area contributed by atoms with Crippen molar-refractivity contribution in [3.05, 3.63) is 34.4 Å². The summed E-state index contributed by atoms with van der Waals surface area (Å²) in [5.74, 6) is 0.0697. The van der Waals surface area contributed by atoms with Gasteiger partial charge in [-0.05, 0) is 66.7 Å². The van der Waals surface area contributed by atoms with Gasteiger partial charge >= 0.3 is 5.97 Å². The number of fused-ring (bicyclic) bond motifs is 3. The van der Waals surface area contributed by atoms with Crippen molar-refractivity contribution in [3.63, 3.8) is 0 Å². The van der Waals surface area contributed by atoms with Crippen LogP contribution in [0.3, 0.4) is 0 Å². The zero-order valence-electron chi connectivity index (χ0n) is 13.0. The molecule has 0 radical (unpaired) electrons. The van der Waals surface area contributed by atoms with Gasteiger partial charge in [-0.1, -0.05) is 38.3 Å². The van der Waals surface area contributed by atoms with Crippen LogP contribution in [0, 0.1) is 11.8 Å². The van der Waals surface area contributed by atoms with E-state index < -0.39 is 5.97 Å². The normalized spacial score (nSPS) is 24.2. The fraction of sp³-hybridized carbons (Fsp3) is 0.632. The third-order valence-corrected chi connectivity index (χ3v) is 5.46. The van der Waals surface area contributed by atoms with Gasteiger partial charge in [0.2, 0.25) is 0 Å². The number of hydrogen-bond donors (Lipinski definition) is 1. The predicted octanol–water partition coefficient (Wildman–Crippen LogP) is 4.17. The smallest absolute Gasteiger partial charge is 0.306 e. The molecule has 1 aromatic carbocycles. The molecule has 21 heavy (non-hydrogen) atoms. The molecule has 0 amide bonds. The fourth-order valence-electron chi connectivity index (χ4n) is 4.19. The van der Waals surface area contributed by atoms with E-state index in [9.17, 15) is 9.90 Å². The highest BCUT2D eigenvalue weighted by Crippen LogP contribution is 2.36. The molecule has 0 heterocycles. The first-order valence-electron chi connectivity index (χ1n) is 8.54. The standard InChI is InChI=1S/C19H26O2/c1-2-3-4-13-5-9-17-14(11-13)6-7-15-12-16(19(20)21)8-10-18(15)17/h6-7,13,16H,2-5,8-12H2,1H3,(H,20,21)/t13-,16-/m0/s1. The van der Waals surface area contributed by atoms with Crippen molar-refractivity contribution in [2.24, 2.45) is 11.8 Å². The van der Waals surface area contributed by atoms with Gasteiger partial charge in [0.15, 0.2) is 0 Å². The van der Waals surface area contributed by atoms with Crippen molar-refractivity contribution in [3.8, 4) is 0 Å². The van der Waals surface area contributed by atoms with Gasteiger partial charge < -0.3 is 5.11 Å². The number of carboxylic acids is 1. The van der Waals surface area contributed by atoms with Crippen LogP contribution in [-0.2, 0) is 30.5 Å². The molecule has 1 N–H and O–H groups in total. The summed E-state index contributed by atoms with van der Waals surface area (Å²) in [6.45, 7) is 2.27. The second kappa shape index (κ2) is 6.21. The van der Waals surface area contributed by atoms with E-state index in [4.69, 9.17) is 0 Å². The molecule has 1 aromatic rings. The Bertz CT molecular complexity index is 533. The number of rotatable bonds is 4. The zero-order valence-corrected chi connectivity index (χ0v) is 13.0. The van der Waals surface area contributed by atoms with Crippen LogP contribution in [0.1, 0.15) is 61.3 Å². The van der Waals surface area contributed by atoms with Gasteiger partial charge in [-0.2, -0.15) is 0 Å². The first-order valence-corrected chi connectivity index (χ1v) is 8.54. The van der Waals surface area contributed by atoms with E-state index >= 15 is 0 Å². The Morgan fingerprint density at radius 2 is 1.81 bits per heavy atom. The molecule has 114 valence electrons. The van der Waals surface area contributed by atoms with E-state index in [1.54, 1.807) is 11.1 Å². The summed E-state index contributed by atoms with van der Waals surface area (Å²) in [7, 11) is 0. The molecular weight excluding hydrogens is 260 g/mol. The van der Waals surface area contributed by atoms with Crippen molar-refractivity contribution in [1.29, 1.82) is 0 Å². The second-order valence-electron chi connectivity index (χ2n) is 6.87. The van der Waals surface area contributed by atoms with Crippen molar-refractivity contribution in [2.45, 2.75) is 64.7 Å². The van der Waals surface area contributed by atoms with Crippen LogP contribution in [0.4, 0.5) is 0 Å². The highest BCUT2D eigenvalue weighted by Gasteiger charge is 2.28. The second-order valence-corrected chi connectivity index (χ2v) is 6.87. The Kier molecular flexibility index (Phi) is 4.32. The molecule has 2 heteroatoms. The third kappa shape index (κ3) is 3.00. The third-order valence-electron chi connectivity index (χ3n) is 5.46. The quantitative estimate of drug-likeness (QED) is 0.902. The highest BCUT2D eigenvalue weighted by molar-refractivity contribution is 5.71. The lowest BCUT2D eigenvalue weighted by atomic mass is 9.74. The van der Waals surface area contributed by atoms with Crippen LogP contribution in [-0.4, -0.2) is 11.1 Å². The Balaban J connectivity index is 1.79. The highest BCUT2D eigenvalue weighted by atomic mass is 16.4. The average molecular weight is 286 g/mol. The molecule has 0 fully saturated rings. The summed E-state index contributed by atoms with van der Waals surface area (Å²) < 4.78 is 0. The summed E-state index contributed by atoms with van der Waals surface area (Å²) in [4.78, 5) is 11.2. The summed E-state index contributed by atoms with van der Waals surface area (Å²) in [6, 6.07) is 4.50. The van der Waals surface area contributed by atoms with Crippen molar-refractivity contribution < 1.29 is 9.90 Å². The average Bonchev–Trinajstić information content (AvgIpc) is 2.51. The summed E-state index contributed by atoms with van der Waals surface area (Å²) in [6.07, 6.45) is 10.3. The minimum absolute atomic E-state index is 0.170. The van der Waals surface area contributed by atoms with Gasteiger partial charge in [-0.3, -0.25) is 4.79 Å². The molecule has 2 aliphatic carbocycles. The fourth-order valence-corrected chi connectivity index (χ4v) is 4.19. The Labute approximate surface area is 127 Å². The minimum Gasteiger partial charge on any atom is -0.481 e. The molecule has 2 aliphatic rings. The molecular formula is C19H26O2. The number of aliphatic carboxylic acids is 1. The maximum atomic E-state index is 11.2. The van der Waals surface area contributed by atoms with Crippen LogP contribution in [0.2, 0.25) is 0 Å². The molecule has 2 nitrogen and oxygen atoms in total. The molecule has 0 bridgehead atoms. The van der Waals surface area contributed by atoms with E-state index in [1.807, 2.05) is 0 Å². The Morgan fingerprint density at radius 1 is 1.14 bits per heavy atom.